The molecule has 0 aliphatic carbocycles. The summed E-state index contributed by atoms with van der Waals surface area (Å²) in [7, 11) is 1.62. The van der Waals surface area contributed by atoms with Crippen LogP contribution >= 0.6 is 0 Å². The fourth-order valence-electron chi connectivity index (χ4n) is 2.04. The highest BCUT2D eigenvalue weighted by molar-refractivity contribution is 5.56. The zero-order chi connectivity index (χ0) is 14.4. The molecule has 0 bridgehead atoms. The molecule has 1 aromatic carbocycles. The van der Waals surface area contributed by atoms with Gasteiger partial charge in [0.2, 0.25) is 0 Å². The quantitative estimate of drug-likeness (QED) is 0.904. The van der Waals surface area contributed by atoms with Crippen LogP contribution in [-0.2, 0) is 17.9 Å². The Morgan fingerprint density at radius 3 is 2.70 bits per heavy atom. The molecule has 2 rings (SSSR count). The van der Waals surface area contributed by atoms with E-state index in [4.69, 9.17) is 4.74 Å². The van der Waals surface area contributed by atoms with Crippen molar-refractivity contribution in [2.24, 2.45) is 0 Å². The van der Waals surface area contributed by atoms with Gasteiger partial charge in [0.05, 0.1) is 12.2 Å². The van der Waals surface area contributed by atoms with Crippen LogP contribution in [0.4, 0.5) is 5.82 Å². The van der Waals surface area contributed by atoms with Crippen LogP contribution in [0.3, 0.4) is 0 Å². The number of pyridine rings is 1. The number of aryl methyl sites for hydroxylation is 1. The Hall–Kier alpha value is -2.38. The number of nitrogens with one attached hydrogen (secondary N) is 1. The van der Waals surface area contributed by atoms with E-state index in [0.717, 1.165) is 16.8 Å². The van der Waals surface area contributed by atoms with Gasteiger partial charge in [0, 0.05) is 24.9 Å². The van der Waals surface area contributed by atoms with Crippen LogP contribution in [0.5, 0.6) is 0 Å². The number of anilines is 1. The Labute approximate surface area is 119 Å². The average molecular weight is 267 g/mol. The first-order chi connectivity index (χ1) is 9.74. The van der Waals surface area contributed by atoms with E-state index < -0.39 is 0 Å². The Bertz CT molecular complexity index is 618. The smallest absolute Gasteiger partial charge is 0.144 e. The third-order valence-electron chi connectivity index (χ3n) is 2.94. The van der Waals surface area contributed by atoms with Gasteiger partial charge < -0.3 is 10.1 Å². The molecule has 102 valence electrons. The van der Waals surface area contributed by atoms with Crippen molar-refractivity contribution >= 4 is 5.82 Å². The maximum atomic E-state index is 9.33. The zero-order valence-electron chi connectivity index (χ0n) is 11.7. The fourth-order valence-corrected chi connectivity index (χ4v) is 2.04. The molecule has 0 unspecified atom stereocenters. The lowest BCUT2D eigenvalue weighted by molar-refractivity contribution is 0.184. The van der Waals surface area contributed by atoms with E-state index >= 15 is 0 Å². The number of ether oxygens (including phenoxy) is 1. The van der Waals surface area contributed by atoms with E-state index in [9.17, 15) is 5.26 Å². The summed E-state index contributed by atoms with van der Waals surface area (Å²) in [4.78, 5) is 4.41. The molecular weight excluding hydrogens is 250 g/mol. The van der Waals surface area contributed by atoms with Crippen molar-refractivity contribution in [3.05, 3.63) is 58.8 Å². The fraction of sp³-hybridized carbons (Fsp3) is 0.250. The number of benzene rings is 1. The molecular formula is C16H17N3O. The molecule has 0 aliphatic heterocycles. The Balaban J connectivity index is 2.24. The standard InChI is InChI=1S/C16H17N3O/c1-12-8-14(11-20-2)15(9-17)16(19-12)18-10-13-6-4-3-5-7-13/h3-8H,10-11H2,1-2H3,(H,18,19). The van der Waals surface area contributed by atoms with Crippen molar-refractivity contribution in [1.82, 2.24) is 4.98 Å². The lowest BCUT2D eigenvalue weighted by Gasteiger charge is -2.12. The van der Waals surface area contributed by atoms with Crippen LogP contribution in [0.25, 0.3) is 0 Å². The molecule has 0 spiro atoms. The molecule has 0 fully saturated rings. The second kappa shape index (κ2) is 6.69. The number of aromatic nitrogens is 1. The van der Waals surface area contributed by atoms with Gasteiger partial charge in [0.25, 0.3) is 0 Å². The van der Waals surface area contributed by atoms with Crippen LogP contribution < -0.4 is 5.32 Å². The Morgan fingerprint density at radius 2 is 2.05 bits per heavy atom. The van der Waals surface area contributed by atoms with E-state index in [-0.39, 0.29) is 0 Å². The van der Waals surface area contributed by atoms with Gasteiger partial charge in [-0.2, -0.15) is 5.26 Å². The minimum absolute atomic E-state index is 0.409. The van der Waals surface area contributed by atoms with E-state index in [0.29, 0.717) is 24.5 Å². The second-order valence-electron chi connectivity index (χ2n) is 4.53. The number of hydrogen-bond acceptors (Lipinski definition) is 4. The highest BCUT2D eigenvalue weighted by atomic mass is 16.5. The van der Waals surface area contributed by atoms with Gasteiger partial charge in [-0.3, -0.25) is 0 Å². The van der Waals surface area contributed by atoms with Gasteiger partial charge in [-0.15, -0.1) is 0 Å². The van der Waals surface area contributed by atoms with E-state index in [1.54, 1.807) is 7.11 Å². The van der Waals surface area contributed by atoms with E-state index in [1.807, 2.05) is 43.3 Å². The summed E-state index contributed by atoms with van der Waals surface area (Å²) in [6, 6.07) is 14.1. The molecule has 0 radical (unpaired) electrons. The summed E-state index contributed by atoms with van der Waals surface area (Å²) in [6.07, 6.45) is 0. The van der Waals surface area contributed by atoms with Crippen molar-refractivity contribution in [2.75, 3.05) is 12.4 Å². The molecule has 0 amide bonds. The number of hydrogen-bond donors (Lipinski definition) is 1. The maximum Gasteiger partial charge on any atom is 0.144 e. The molecule has 0 atom stereocenters. The summed E-state index contributed by atoms with van der Waals surface area (Å²) in [5.74, 6) is 0.614. The first-order valence-corrected chi connectivity index (χ1v) is 6.42. The predicted octanol–water partition coefficient (Wildman–Crippen LogP) is 3.02. The first kappa shape index (κ1) is 14.0. The average Bonchev–Trinajstić information content (AvgIpc) is 2.46. The summed E-state index contributed by atoms with van der Waals surface area (Å²) in [5, 5.41) is 12.6. The van der Waals surface area contributed by atoms with Crippen LogP contribution in [-0.4, -0.2) is 12.1 Å². The number of methoxy groups -OCH3 is 1. The zero-order valence-corrected chi connectivity index (χ0v) is 11.7. The summed E-state index contributed by atoms with van der Waals surface area (Å²) in [5.41, 5.74) is 3.42. The van der Waals surface area contributed by atoms with E-state index in [1.165, 1.54) is 0 Å². The second-order valence-corrected chi connectivity index (χ2v) is 4.53. The van der Waals surface area contributed by atoms with Gasteiger partial charge in [-0.05, 0) is 18.6 Å². The van der Waals surface area contributed by atoms with Gasteiger partial charge in [0.1, 0.15) is 11.9 Å². The molecule has 0 aliphatic rings. The van der Waals surface area contributed by atoms with Gasteiger partial charge in [-0.1, -0.05) is 30.3 Å². The molecule has 4 heteroatoms. The highest BCUT2D eigenvalue weighted by Gasteiger charge is 2.11. The third kappa shape index (κ3) is 3.34. The monoisotopic (exact) mass is 267 g/mol. The molecule has 1 N–H and O–H groups in total. The van der Waals surface area contributed by atoms with Crippen LogP contribution in [0.1, 0.15) is 22.4 Å². The van der Waals surface area contributed by atoms with Crippen molar-refractivity contribution in [2.45, 2.75) is 20.1 Å². The number of nitriles is 1. The van der Waals surface area contributed by atoms with Crippen LogP contribution in [0.15, 0.2) is 36.4 Å². The lowest BCUT2D eigenvalue weighted by Crippen LogP contribution is -2.07. The van der Waals surface area contributed by atoms with Crippen LogP contribution in [0.2, 0.25) is 0 Å². The van der Waals surface area contributed by atoms with Gasteiger partial charge in [0.15, 0.2) is 0 Å². The largest absolute Gasteiger partial charge is 0.380 e. The third-order valence-corrected chi connectivity index (χ3v) is 2.94. The minimum Gasteiger partial charge on any atom is -0.380 e. The minimum atomic E-state index is 0.409. The lowest BCUT2D eigenvalue weighted by atomic mass is 10.1. The van der Waals surface area contributed by atoms with E-state index in [2.05, 4.69) is 16.4 Å². The highest BCUT2D eigenvalue weighted by Crippen LogP contribution is 2.20. The van der Waals surface area contributed by atoms with Crippen molar-refractivity contribution in [3.8, 4) is 6.07 Å². The van der Waals surface area contributed by atoms with Crippen molar-refractivity contribution in [3.63, 3.8) is 0 Å². The molecule has 20 heavy (non-hydrogen) atoms. The summed E-state index contributed by atoms with van der Waals surface area (Å²) < 4.78 is 5.14. The maximum absolute atomic E-state index is 9.33. The Morgan fingerprint density at radius 1 is 1.30 bits per heavy atom. The molecule has 0 saturated heterocycles. The Kier molecular flexibility index (Phi) is 4.70. The molecule has 1 aromatic heterocycles. The van der Waals surface area contributed by atoms with Gasteiger partial charge >= 0.3 is 0 Å². The van der Waals surface area contributed by atoms with Crippen LogP contribution in [0, 0.1) is 18.3 Å². The number of nitrogens with zero attached hydrogens (tertiary/aromatic N) is 2. The summed E-state index contributed by atoms with van der Waals surface area (Å²) >= 11 is 0. The van der Waals surface area contributed by atoms with Crippen molar-refractivity contribution < 1.29 is 4.74 Å². The first-order valence-electron chi connectivity index (χ1n) is 6.42. The molecule has 0 saturated carbocycles. The normalized spacial score (nSPS) is 10.1. The topological polar surface area (TPSA) is 57.9 Å². The molecule has 2 aromatic rings. The SMILES string of the molecule is COCc1cc(C)nc(NCc2ccccc2)c1C#N. The number of rotatable bonds is 5. The molecule has 1 heterocycles. The molecule has 4 nitrogen and oxygen atoms in total. The summed E-state index contributed by atoms with van der Waals surface area (Å²) in [6.45, 7) is 2.96. The predicted molar refractivity (Wildman–Crippen MR) is 78.2 cm³/mol. The van der Waals surface area contributed by atoms with Crippen molar-refractivity contribution in [1.29, 1.82) is 5.26 Å². The van der Waals surface area contributed by atoms with Gasteiger partial charge in [-0.25, -0.2) is 4.98 Å².